The highest BCUT2D eigenvalue weighted by molar-refractivity contribution is 5.97. The predicted octanol–water partition coefficient (Wildman–Crippen LogP) is 2.37. The fraction of sp³-hybridized carbons (Fsp3) is 0.455. The molecule has 1 heterocycles. The van der Waals surface area contributed by atoms with Crippen LogP contribution in [0.1, 0.15) is 22.5 Å². The summed E-state index contributed by atoms with van der Waals surface area (Å²) < 4.78 is 78.3. The van der Waals surface area contributed by atoms with Crippen LogP contribution < -0.4 is 15.8 Å². The molecule has 5 nitrogen and oxygen atoms in total. The fourth-order valence-electron chi connectivity index (χ4n) is 1.45. The van der Waals surface area contributed by atoms with Crippen molar-refractivity contribution in [2.75, 3.05) is 19.4 Å². The zero-order chi connectivity index (χ0) is 17.1. The molecule has 1 aromatic rings. The van der Waals surface area contributed by atoms with E-state index in [2.05, 4.69) is 9.72 Å². The van der Waals surface area contributed by atoms with Gasteiger partial charge in [0.15, 0.2) is 5.69 Å². The van der Waals surface area contributed by atoms with Crippen LogP contribution in [0.25, 0.3) is 0 Å². The molecular weight excluding hydrogens is 320 g/mol. The van der Waals surface area contributed by atoms with Gasteiger partial charge < -0.3 is 15.8 Å². The molecule has 0 saturated carbocycles. The molecule has 3 N–H and O–H groups in total. The number of alkyl halides is 6. The lowest BCUT2D eigenvalue weighted by atomic mass is 10.2. The van der Waals surface area contributed by atoms with Gasteiger partial charge in [-0.15, -0.1) is 0 Å². The maximum atomic E-state index is 12.7. The lowest BCUT2D eigenvalue weighted by Crippen LogP contribution is -2.29. The summed E-state index contributed by atoms with van der Waals surface area (Å²) in [5.41, 5.74) is 2.73. The molecule has 11 heteroatoms. The highest BCUT2D eigenvalue weighted by atomic mass is 19.4. The number of nitrogens with one attached hydrogen (secondary N) is 1. The van der Waals surface area contributed by atoms with Crippen molar-refractivity contribution in [1.29, 1.82) is 0 Å². The number of hydrogen-bond donors (Lipinski definition) is 2. The summed E-state index contributed by atoms with van der Waals surface area (Å²) in [6, 6.07) is 0.435. The molecular formula is C11H11F6N3O2. The Hall–Kier alpha value is -2.20. The first-order valence-electron chi connectivity index (χ1n) is 5.72. The van der Waals surface area contributed by atoms with Crippen LogP contribution in [-0.4, -0.2) is 30.7 Å². The number of halogens is 6. The van der Waals surface area contributed by atoms with Gasteiger partial charge in [-0.2, -0.15) is 26.3 Å². The zero-order valence-corrected chi connectivity index (χ0v) is 11.1. The van der Waals surface area contributed by atoms with Gasteiger partial charge >= 0.3 is 12.4 Å². The first kappa shape index (κ1) is 17.9. The van der Waals surface area contributed by atoms with Gasteiger partial charge in [0.2, 0.25) is 5.88 Å². The van der Waals surface area contributed by atoms with E-state index in [-0.39, 0.29) is 0 Å². The Morgan fingerprint density at radius 1 is 1.32 bits per heavy atom. The van der Waals surface area contributed by atoms with Crippen LogP contribution in [0, 0.1) is 0 Å². The molecule has 0 bridgehead atoms. The van der Waals surface area contributed by atoms with E-state index in [1.165, 1.54) is 0 Å². The maximum absolute atomic E-state index is 12.7. The molecule has 0 saturated heterocycles. The molecule has 0 aliphatic heterocycles. The summed E-state index contributed by atoms with van der Waals surface area (Å²) in [5, 5.41) is 1.87. The minimum Gasteiger partial charge on any atom is -0.481 e. The molecule has 1 amide bonds. The maximum Gasteiger partial charge on any atom is 0.421 e. The predicted molar refractivity (Wildman–Crippen MR) is 63.2 cm³/mol. The van der Waals surface area contributed by atoms with E-state index in [4.69, 9.17) is 5.73 Å². The first-order chi connectivity index (χ1) is 9.95. The Kier molecular flexibility index (Phi) is 5.09. The molecule has 22 heavy (non-hydrogen) atoms. The molecule has 0 spiro atoms. The van der Waals surface area contributed by atoms with Crippen molar-refractivity contribution < 1.29 is 35.9 Å². The average Bonchev–Trinajstić information content (AvgIpc) is 2.35. The van der Waals surface area contributed by atoms with Crippen molar-refractivity contribution in [3.05, 3.63) is 17.3 Å². The first-order valence-corrected chi connectivity index (χ1v) is 5.72. The molecule has 1 aromatic heterocycles. The van der Waals surface area contributed by atoms with Crippen LogP contribution >= 0.6 is 0 Å². The molecule has 0 aliphatic carbocycles. The number of nitrogens with zero attached hydrogens (tertiary/aromatic N) is 1. The quantitative estimate of drug-likeness (QED) is 0.831. The van der Waals surface area contributed by atoms with Gasteiger partial charge in [-0.25, -0.2) is 4.98 Å². The van der Waals surface area contributed by atoms with E-state index in [1.807, 2.05) is 5.32 Å². The minimum absolute atomic E-state index is 0.435. The molecule has 124 valence electrons. The number of nitrogens with two attached hydrogens (primary N) is 1. The second-order valence-corrected chi connectivity index (χ2v) is 4.10. The second-order valence-electron chi connectivity index (χ2n) is 4.10. The van der Waals surface area contributed by atoms with Crippen molar-refractivity contribution in [2.45, 2.75) is 18.8 Å². The molecule has 0 aliphatic rings. The number of carbonyl (C=O) groups is 1. The van der Waals surface area contributed by atoms with Gasteiger partial charge in [0.1, 0.15) is 5.56 Å². The van der Waals surface area contributed by atoms with E-state index in [0.717, 1.165) is 7.11 Å². The number of rotatable bonds is 4. The van der Waals surface area contributed by atoms with Gasteiger partial charge in [-0.1, -0.05) is 0 Å². The van der Waals surface area contributed by atoms with Gasteiger partial charge in [0, 0.05) is 6.54 Å². The van der Waals surface area contributed by atoms with Gasteiger partial charge in [-0.05, 0) is 6.07 Å². The Bertz CT molecular complexity index is 556. The minimum atomic E-state index is -4.81. The van der Waals surface area contributed by atoms with Crippen LogP contribution in [0.5, 0.6) is 5.88 Å². The molecule has 1 rings (SSSR count). The van der Waals surface area contributed by atoms with Crippen molar-refractivity contribution in [2.24, 2.45) is 0 Å². The third-order valence-electron chi connectivity index (χ3n) is 2.42. The highest BCUT2D eigenvalue weighted by Crippen LogP contribution is 2.36. The normalized spacial score (nSPS) is 12.1. The molecule has 0 atom stereocenters. The van der Waals surface area contributed by atoms with Crippen LogP contribution in [0.3, 0.4) is 0 Å². The Labute approximate surface area is 120 Å². The van der Waals surface area contributed by atoms with E-state index in [1.54, 1.807) is 0 Å². The smallest absolute Gasteiger partial charge is 0.421 e. The average molecular weight is 331 g/mol. The number of nitrogen functional groups attached to an aromatic ring is 1. The number of anilines is 1. The van der Waals surface area contributed by atoms with Crippen molar-refractivity contribution >= 4 is 11.6 Å². The van der Waals surface area contributed by atoms with Gasteiger partial charge in [-0.3, -0.25) is 4.79 Å². The monoisotopic (exact) mass is 331 g/mol. The van der Waals surface area contributed by atoms with E-state index in [9.17, 15) is 31.1 Å². The highest BCUT2D eigenvalue weighted by Gasteiger charge is 2.36. The van der Waals surface area contributed by atoms with Gasteiger partial charge in [0.25, 0.3) is 5.91 Å². The second kappa shape index (κ2) is 6.28. The lowest BCUT2D eigenvalue weighted by molar-refractivity contribution is -0.139. The molecule has 0 fully saturated rings. The third kappa shape index (κ3) is 4.67. The van der Waals surface area contributed by atoms with Crippen LogP contribution in [0.4, 0.5) is 32.0 Å². The third-order valence-corrected chi connectivity index (χ3v) is 2.42. The van der Waals surface area contributed by atoms with Crippen LogP contribution in [0.15, 0.2) is 6.07 Å². The number of hydrogen-bond acceptors (Lipinski definition) is 4. The number of amides is 1. The summed E-state index contributed by atoms with van der Waals surface area (Å²) in [5.74, 6) is -2.03. The zero-order valence-electron chi connectivity index (χ0n) is 11.1. The molecule has 0 aromatic carbocycles. The van der Waals surface area contributed by atoms with Crippen LogP contribution in [0.2, 0.25) is 0 Å². The molecule has 0 radical (unpaired) electrons. The number of methoxy groups -OCH3 is 1. The van der Waals surface area contributed by atoms with E-state index in [0.29, 0.717) is 6.07 Å². The summed E-state index contributed by atoms with van der Waals surface area (Å²) in [6.45, 7) is -0.757. The number of aromatic nitrogens is 1. The summed E-state index contributed by atoms with van der Waals surface area (Å²) in [6.07, 6.45) is -10.6. The van der Waals surface area contributed by atoms with Gasteiger partial charge in [0.05, 0.1) is 19.2 Å². The summed E-state index contributed by atoms with van der Waals surface area (Å²) in [4.78, 5) is 14.9. The van der Waals surface area contributed by atoms with Crippen molar-refractivity contribution in [3.63, 3.8) is 0 Å². The topological polar surface area (TPSA) is 77.2 Å². The van der Waals surface area contributed by atoms with Crippen LogP contribution in [-0.2, 0) is 6.18 Å². The number of ether oxygens (including phenoxy) is 1. The largest absolute Gasteiger partial charge is 0.481 e. The number of carbonyl (C=O) groups excluding carboxylic acids is 1. The van der Waals surface area contributed by atoms with Crippen molar-refractivity contribution in [1.82, 2.24) is 10.3 Å². The standard InChI is InChI=1S/C11H11F6N3O2/c1-22-9-5(11(15,16)17)4-6(18)7(20-9)8(21)19-3-2-10(12,13)14/h4H,2-3,18H2,1H3,(H,19,21). The summed E-state index contributed by atoms with van der Waals surface area (Å²) in [7, 11) is 0.902. The molecule has 0 unspecified atom stereocenters. The SMILES string of the molecule is COc1nc(C(=O)NCCC(F)(F)F)c(N)cc1C(F)(F)F. The Balaban J connectivity index is 2.99. The van der Waals surface area contributed by atoms with E-state index >= 15 is 0 Å². The van der Waals surface area contributed by atoms with E-state index < -0.39 is 54.1 Å². The number of pyridine rings is 1. The Morgan fingerprint density at radius 3 is 2.36 bits per heavy atom. The van der Waals surface area contributed by atoms with Crippen molar-refractivity contribution in [3.8, 4) is 5.88 Å². The fourth-order valence-corrected chi connectivity index (χ4v) is 1.45. The summed E-state index contributed by atoms with van der Waals surface area (Å²) >= 11 is 0. The Morgan fingerprint density at radius 2 is 1.91 bits per heavy atom. The lowest BCUT2D eigenvalue weighted by Gasteiger charge is -2.14.